The fourth-order valence-electron chi connectivity index (χ4n) is 2.65. The number of nitrogens with zero attached hydrogens (tertiary/aromatic N) is 1. The predicted molar refractivity (Wildman–Crippen MR) is 111 cm³/mol. The van der Waals surface area contributed by atoms with Crippen LogP contribution >= 0.6 is 22.7 Å². The maximum absolute atomic E-state index is 12.5. The summed E-state index contributed by atoms with van der Waals surface area (Å²) in [5, 5.41) is 5.89. The Morgan fingerprint density at radius 3 is 2.79 bits per heavy atom. The second-order valence-electron chi connectivity index (χ2n) is 6.62. The summed E-state index contributed by atoms with van der Waals surface area (Å²) in [4.78, 5) is 19.1. The zero-order chi connectivity index (χ0) is 19.7. The molecule has 1 aromatic carbocycles. The van der Waals surface area contributed by atoms with Crippen LogP contribution in [0.5, 0.6) is 0 Å². The number of carbonyl (C=O) groups is 1. The minimum Gasteiger partial charge on any atom is -0.347 e. The van der Waals surface area contributed by atoms with E-state index in [0.29, 0.717) is 12.1 Å². The molecule has 2 heterocycles. The monoisotopic (exact) mass is 433 g/mol. The molecule has 0 bridgehead atoms. The fraction of sp³-hybridized carbons (Fsp3) is 0.263. The normalized spacial score (nSPS) is 14.2. The van der Waals surface area contributed by atoms with Gasteiger partial charge in [0.05, 0.1) is 27.0 Å². The minimum atomic E-state index is -3.58. The maximum Gasteiger partial charge on any atom is 0.251 e. The molecule has 2 N–H and O–H groups in total. The summed E-state index contributed by atoms with van der Waals surface area (Å²) < 4.78 is 27.3. The van der Waals surface area contributed by atoms with Crippen molar-refractivity contribution in [2.75, 3.05) is 0 Å². The van der Waals surface area contributed by atoms with Gasteiger partial charge in [0.1, 0.15) is 0 Å². The average molecular weight is 434 g/mol. The number of hydrogen-bond donors (Lipinski definition) is 2. The van der Waals surface area contributed by atoms with Gasteiger partial charge in [-0.25, -0.2) is 18.1 Å². The predicted octanol–water partition coefficient (Wildman–Crippen LogP) is 3.55. The number of aryl methyl sites for hydroxylation is 1. The quantitative estimate of drug-likeness (QED) is 0.596. The smallest absolute Gasteiger partial charge is 0.251 e. The lowest BCUT2D eigenvalue weighted by Gasteiger charge is -2.08. The largest absolute Gasteiger partial charge is 0.347 e. The first-order valence-electron chi connectivity index (χ1n) is 8.82. The van der Waals surface area contributed by atoms with Crippen molar-refractivity contribution in [3.63, 3.8) is 0 Å². The number of thiophene rings is 1. The molecule has 1 aliphatic rings. The van der Waals surface area contributed by atoms with Crippen molar-refractivity contribution < 1.29 is 13.2 Å². The summed E-state index contributed by atoms with van der Waals surface area (Å²) in [5.41, 5.74) is 1.27. The molecular weight excluding hydrogens is 414 g/mol. The van der Waals surface area contributed by atoms with Gasteiger partial charge in [-0.3, -0.25) is 4.79 Å². The van der Waals surface area contributed by atoms with E-state index in [9.17, 15) is 13.2 Å². The van der Waals surface area contributed by atoms with E-state index < -0.39 is 10.0 Å². The van der Waals surface area contributed by atoms with Gasteiger partial charge in [-0.1, -0.05) is 6.07 Å². The lowest BCUT2D eigenvalue weighted by Crippen LogP contribution is -2.26. The van der Waals surface area contributed by atoms with Gasteiger partial charge in [-0.15, -0.1) is 22.7 Å². The zero-order valence-corrected chi connectivity index (χ0v) is 17.6. The Balaban J connectivity index is 1.41. The molecule has 4 rings (SSSR count). The number of rotatable bonds is 7. The SMILES string of the molecule is Cc1nc(-c2ccc(CNC(=O)c3cccc(S(=O)(=O)NC4CC4)c3)s2)cs1. The van der Waals surface area contributed by atoms with Crippen LogP contribution in [0.2, 0.25) is 0 Å². The van der Waals surface area contributed by atoms with Crippen LogP contribution in [0.25, 0.3) is 10.6 Å². The number of benzene rings is 1. The molecule has 0 radical (unpaired) electrons. The van der Waals surface area contributed by atoms with E-state index in [-0.39, 0.29) is 16.8 Å². The van der Waals surface area contributed by atoms with Gasteiger partial charge < -0.3 is 5.32 Å². The van der Waals surface area contributed by atoms with Crippen molar-refractivity contribution >= 4 is 38.6 Å². The Morgan fingerprint density at radius 2 is 2.07 bits per heavy atom. The first kappa shape index (κ1) is 19.3. The summed E-state index contributed by atoms with van der Waals surface area (Å²) in [6.07, 6.45) is 1.73. The van der Waals surface area contributed by atoms with Crippen LogP contribution in [0, 0.1) is 6.92 Å². The minimum absolute atomic E-state index is 0.0250. The third-order valence-corrected chi connectivity index (χ3v) is 7.66. The van der Waals surface area contributed by atoms with Crippen LogP contribution in [0.1, 0.15) is 33.1 Å². The second kappa shape index (κ2) is 7.75. The first-order valence-corrected chi connectivity index (χ1v) is 12.0. The molecule has 0 saturated heterocycles. The van der Waals surface area contributed by atoms with Crippen LogP contribution < -0.4 is 10.0 Å². The molecule has 6 nitrogen and oxygen atoms in total. The van der Waals surface area contributed by atoms with Gasteiger partial charge in [-0.05, 0) is 50.1 Å². The van der Waals surface area contributed by atoms with Crippen molar-refractivity contribution in [2.45, 2.75) is 37.2 Å². The third kappa shape index (κ3) is 4.49. The lowest BCUT2D eigenvalue weighted by molar-refractivity contribution is 0.0951. The highest BCUT2D eigenvalue weighted by Gasteiger charge is 2.28. The van der Waals surface area contributed by atoms with Crippen LogP contribution in [0.15, 0.2) is 46.7 Å². The van der Waals surface area contributed by atoms with Gasteiger partial charge >= 0.3 is 0 Å². The topological polar surface area (TPSA) is 88.2 Å². The number of carbonyl (C=O) groups excluding carboxylic acids is 1. The Hall–Kier alpha value is -2.07. The molecule has 1 fully saturated rings. The standard InChI is InChI=1S/C19H19N3O3S3/c1-12-21-17(11-26-12)18-8-7-15(27-18)10-20-19(23)13-3-2-4-16(9-13)28(24,25)22-14-5-6-14/h2-4,7-9,11,14,22H,5-6,10H2,1H3,(H,20,23). The number of aromatic nitrogens is 1. The number of nitrogens with one attached hydrogen (secondary N) is 2. The molecule has 146 valence electrons. The molecule has 9 heteroatoms. The zero-order valence-electron chi connectivity index (χ0n) is 15.1. The molecule has 0 aliphatic heterocycles. The van der Waals surface area contributed by atoms with E-state index >= 15 is 0 Å². The Bertz CT molecular complexity index is 1110. The van der Waals surface area contributed by atoms with Crippen LogP contribution in [-0.2, 0) is 16.6 Å². The van der Waals surface area contributed by atoms with Crippen LogP contribution in [-0.4, -0.2) is 25.4 Å². The van der Waals surface area contributed by atoms with E-state index in [1.165, 1.54) is 12.1 Å². The molecule has 28 heavy (non-hydrogen) atoms. The molecule has 0 spiro atoms. The van der Waals surface area contributed by atoms with Crippen molar-refractivity contribution in [1.29, 1.82) is 0 Å². The number of sulfonamides is 1. The Labute approximate surface area is 171 Å². The number of amides is 1. The first-order chi connectivity index (χ1) is 13.4. The molecule has 3 aromatic rings. The highest BCUT2D eigenvalue weighted by Crippen LogP contribution is 2.29. The number of hydrogen-bond acceptors (Lipinski definition) is 6. The van der Waals surface area contributed by atoms with Crippen molar-refractivity contribution in [2.24, 2.45) is 0 Å². The van der Waals surface area contributed by atoms with Crippen LogP contribution in [0.4, 0.5) is 0 Å². The summed E-state index contributed by atoms with van der Waals surface area (Å²) in [5.74, 6) is -0.303. The van der Waals surface area contributed by atoms with Gasteiger partial charge in [0.2, 0.25) is 10.0 Å². The number of thiazole rings is 1. The summed E-state index contributed by atoms with van der Waals surface area (Å²) in [6.45, 7) is 2.35. The maximum atomic E-state index is 12.5. The van der Waals surface area contributed by atoms with Crippen molar-refractivity contribution in [3.05, 3.63) is 57.2 Å². The van der Waals surface area contributed by atoms with Crippen LogP contribution in [0.3, 0.4) is 0 Å². The Morgan fingerprint density at radius 1 is 1.25 bits per heavy atom. The van der Waals surface area contributed by atoms with E-state index in [1.54, 1.807) is 34.8 Å². The average Bonchev–Trinajstić information content (AvgIpc) is 3.17. The fourth-order valence-corrected chi connectivity index (χ4v) is 5.60. The molecule has 2 aromatic heterocycles. The van der Waals surface area contributed by atoms with Gasteiger partial charge in [0, 0.05) is 21.9 Å². The summed E-state index contributed by atoms with van der Waals surface area (Å²) >= 11 is 3.19. The van der Waals surface area contributed by atoms with Gasteiger partial charge in [0.15, 0.2) is 0 Å². The van der Waals surface area contributed by atoms with Crippen molar-refractivity contribution in [3.8, 4) is 10.6 Å². The third-order valence-electron chi connectivity index (χ3n) is 4.26. The van der Waals surface area contributed by atoms with Gasteiger partial charge in [-0.2, -0.15) is 0 Å². The van der Waals surface area contributed by atoms with Gasteiger partial charge in [0.25, 0.3) is 5.91 Å². The highest BCUT2D eigenvalue weighted by molar-refractivity contribution is 7.89. The lowest BCUT2D eigenvalue weighted by atomic mass is 10.2. The second-order valence-corrected chi connectivity index (χ2v) is 10.6. The van der Waals surface area contributed by atoms with E-state index in [0.717, 1.165) is 33.3 Å². The van der Waals surface area contributed by atoms with E-state index in [2.05, 4.69) is 15.0 Å². The van der Waals surface area contributed by atoms with Crippen molar-refractivity contribution in [1.82, 2.24) is 15.0 Å². The van der Waals surface area contributed by atoms with E-state index in [1.807, 2.05) is 24.4 Å². The molecule has 1 saturated carbocycles. The molecule has 1 aliphatic carbocycles. The Kier molecular flexibility index (Phi) is 5.33. The molecule has 1 amide bonds. The van der Waals surface area contributed by atoms with E-state index in [4.69, 9.17) is 0 Å². The molecule has 0 unspecified atom stereocenters. The molecular formula is C19H19N3O3S3. The summed E-state index contributed by atoms with van der Waals surface area (Å²) in [7, 11) is -3.58. The highest BCUT2D eigenvalue weighted by atomic mass is 32.2. The summed E-state index contributed by atoms with van der Waals surface area (Å²) in [6, 6.07) is 10.1. The molecule has 0 atom stereocenters.